The molecule has 2 aromatic carbocycles. The van der Waals surface area contributed by atoms with Crippen LogP contribution in [0.15, 0.2) is 53.0 Å². The van der Waals surface area contributed by atoms with E-state index < -0.39 is 12.5 Å². The number of hydrogen-bond donors (Lipinski definition) is 1. The summed E-state index contributed by atoms with van der Waals surface area (Å²) in [4.78, 5) is 0. The van der Waals surface area contributed by atoms with Crippen molar-refractivity contribution in [3.8, 4) is 0 Å². The van der Waals surface area contributed by atoms with E-state index in [4.69, 9.17) is 0 Å². The Morgan fingerprint density at radius 3 is 2.42 bits per heavy atom. The molecule has 0 heterocycles. The topological polar surface area (TPSA) is 12.0 Å². The number of hydrogen-bond acceptors (Lipinski definition) is 1. The van der Waals surface area contributed by atoms with Gasteiger partial charge in [0.25, 0.3) is 5.92 Å². The van der Waals surface area contributed by atoms with E-state index in [2.05, 4.69) is 21.2 Å². The lowest BCUT2D eigenvalue weighted by molar-refractivity contribution is 0.0106. The van der Waals surface area contributed by atoms with Gasteiger partial charge in [-0.2, -0.15) is 8.78 Å². The molecule has 0 spiro atoms. The van der Waals surface area contributed by atoms with Gasteiger partial charge in [0.05, 0.1) is 6.54 Å². The van der Waals surface area contributed by atoms with Crippen molar-refractivity contribution >= 4 is 21.6 Å². The predicted molar refractivity (Wildman–Crippen MR) is 77.7 cm³/mol. The Morgan fingerprint density at radius 1 is 1.11 bits per heavy atom. The lowest BCUT2D eigenvalue weighted by Crippen LogP contribution is -2.24. The van der Waals surface area contributed by atoms with Crippen LogP contribution in [0.25, 0.3) is 0 Å². The van der Waals surface area contributed by atoms with E-state index in [-0.39, 0.29) is 5.56 Å². The monoisotopic (exact) mass is 325 g/mol. The number of alkyl halides is 2. The first-order valence-electron chi connectivity index (χ1n) is 5.92. The van der Waals surface area contributed by atoms with Crippen molar-refractivity contribution in [1.29, 1.82) is 0 Å². The van der Waals surface area contributed by atoms with Crippen molar-refractivity contribution in [3.05, 3.63) is 64.1 Å². The average molecular weight is 326 g/mol. The minimum absolute atomic E-state index is 0.0219. The van der Waals surface area contributed by atoms with E-state index in [1.54, 1.807) is 30.3 Å². The molecule has 100 valence electrons. The molecule has 0 unspecified atom stereocenters. The Balaban J connectivity index is 2.07. The summed E-state index contributed by atoms with van der Waals surface area (Å²) < 4.78 is 28.8. The molecule has 0 saturated heterocycles. The molecule has 1 N–H and O–H groups in total. The molecule has 2 aromatic rings. The van der Waals surface area contributed by atoms with Crippen molar-refractivity contribution in [3.63, 3.8) is 0 Å². The maximum Gasteiger partial charge on any atom is 0.290 e. The zero-order valence-corrected chi connectivity index (χ0v) is 12.0. The highest BCUT2D eigenvalue weighted by Gasteiger charge is 2.30. The number of halogens is 3. The Bertz CT molecular complexity index is 555. The molecule has 0 aromatic heterocycles. The van der Waals surface area contributed by atoms with E-state index >= 15 is 0 Å². The van der Waals surface area contributed by atoms with Crippen LogP contribution < -0.4 is 5.32 Å². The smallest absolute Gasteiger partial charge is 0.290 e. The Labute approximate surface area is 119 Å². The number of rotatable bonds is 4. The minimum atomic E-state index is -2.89. The summed E-state index contributed by atoms with van der Waals surface area (Å²) in [6.07, 6.45) is 0. The third-order valence-electron chi connectivity index (χ3n) is 2.88. The Morgan fingerprint density at radius 2 is 1.79 bits per heavy atom. The fraction of sp³-hybridized carbons (Fsp3) is 0.200. The lowest BCUT2D eigenvalue weighted by atomic mass is 10.1. The summed E-state index contributed by atoms with van der Waals surface area (Å²) in [5.41, 5.74) is 1.77. The van der Waals surface area contributed by atoms with E-state index in [1.165, 1.54) is 12.1 Å². The summed E-state index contributed by atoms with van der Waals surface area (Å²) in [5.74, 6) is -2.89. The van der Waals surface area contributed by atoms with Crippen LogP contribution in [0.5, 0.6) is 0 Å². The van der Waals surface area contributed by atoms with E-state index in [9.17, 15) is 8.78 Å². The molecule has 0 atom stereocenters. The van der Waals surface area contributed by atoms with Crippen molar-refractivity contribution in [1.82, 2.24) is 0 Å². The molecular weight excluding hydrogens is 312 g/mol. The lowest BCUT2D eigenvalue weighted by Gasteiger charge is -2.18. The maximum absolute atomic E-state index is 13.9. The quantitative estimate of drug-likeness (QED) is 0.837. The third kappa shape index (κ3) is 3.53. The van der Waals surface area contributed by atoms with Crippen molar-refractivity contribution in [2.75, 3.05) is 11.9 Å². The highest BCUT2D eigenvalue weighted by Crippen LogP contribution is 2.28. The molecule has 0 saturated carbocycles. The number of anilines is 1. The summed E-state index contributed by atoms with van der Waals surface area (Å²) in [6, 6.07) is 13.3. The van der Waals surface area contributed by atoms with Crippen LogP contribution in [0.3, 0.4) is 0 Å². The SMILES string of the molecule is Cc1ccc(NCC(F)(F)c2ccccc2)cc1Br. The molecule has 0 aliphatic heterocycles. The number of nitrogens with one attached hydrogen (secondary N) is 1. The second-order valence-electron chi connectivity index (χ2n) is 4.39. The Kier molecular flexibility index (Phi) is 4.20. The fourth-order valence-corrected chi connectivity index (χ4v) is 2.08. The van der Waals surface area contributed by atoms with E-state index in [0.717, 1.165) is 10.0 Å². The van der Waals surface area contributed by atoms with Crippen LogP contribution in [0.2, 0.25) is 0 Å². The van der Waals surface area contributed by atoms with Gasteiger partial charge < -0.3 is 5.32 Å². The van der Waals surface area contributed by atoms with Crippen LogP contribution in [0.4, 0.5) is 14.5 Å². The predicted octanol–water partition coefficient (Wildman–Crippen LogP) is 4.96. The second-order valence-corrected chi connectivity index (χ2v) is 5.24. The second kappa shape index (κ2) is 5.70. The molecule has 1 nitrogen and oxygen atoms in total. The van der Waals surface area contributed by atoms with E-state index in [0.29, 0.717) is 5.69 Å². The summed E-state index contributed by atoms with van der Waals surface area (Å²) in [5, 5.41) is 2.77. The van der Waals surface area contributed by atoms with Crippen LogP contribution in [0.1, 0.15) is 11.1 Å². The van der Waals surface area contributed by atoms with Gasteiger partial charge >= 0.3 is 0 Å². The normalized spacial score (nSPS) is 11.4. The zero-order chi connectivity index (χ0) is 13.9. The molecule has 0 radical (unpaired) electrons. The van der Waals surface area contributed by atoms with Gasteiger partial charge in [-0.15, -0.1) is 0 Å². The first-order valence-corrected chi connectivity index (χ1v) is 6.72. The van der Waals surface area contributed by atoms with Gasteiger partial charge in [-0.1, -0.05) is 52.3 Å². The first kappa shape index (κ1) is 14.0. The van der Waals surface area contributed by atoms with Gasteiger partial charge in [-0.05, 0) is 24.6 Å². The average Bonchev–Trinajstić information content (AvgIpc) is 2.41. The van der Waals surface area contributed by atoms with Crippen LogP contribution >= 0.6 is 15.9 Å². The highest BCUT2D eigenvalue weighted by atomic mass is 79.9. The van der Waals surface area contributed by atoms with Crippen molar-refractivity contribution in [2.24, 2.45) is 0 Å². The summed E-state index contributed by atoms with van der Waals surface area (Å²) in [6.45, 7) is 1.53. The minimum Gasteiger partial charge on any atom is -0.379 e. The zero-order valence-electron chi connectivity index (χ0n) is 10.5. The molecule has 4 heteroatoms. The van der Waals surface area contributed by atoms with Gasteiger partial charge in [-0.3, -0.25) is 0 Å². The van der Waals surface area contributed by atoms with Crippen LogP contribution in [-0.4, -0.2) is 6.54 Å². The van der Waals surface area contributed by atoms with Crippen LogP contribution in [-0.2, 0) is 5.92 Å². The molecule has 19 heavy (non-hydrogen) atoms. The fourth-order valence-electron chi connectivity index (χ4n) is 1.70. The van der Waals surface area contributed by atoms with Gasteiger partial charge in [-0.25, -0.2) is 0 Å². The largest absolute Gasteiger partial charge is 0.379 e. The van der Waals surface area contributed by atoms with Gasteiger partial charge in [0, 0.05) is 15.7 Å². The molecule has 2 rings (SSSR count). The molecule has 0 amide bonds. The third-order valence-corrected chi connectivity index (χ3v) is 3.74. The summed E-state index contributed by atoms with van der Waals surface area (Å²) >= 11 is 3.38. The molecule has 0 fully saturated rings. The van der Waals surface area contributed by atoms with Crippen LogP contribution in [0, 0.1) is 6.92 Å². The maximum atomic E-state index is 13.9. The number of aryl methyl sites for hydroxylation is 1. The molecule has 0 aliphatic carbocycles. The van der Waals surface area contributed by atoms with E-state index in [1.807, 2.05) is 13.0 Å². The van der Waals surface area contributed by atoms with Gasteiger partial charge in [0.15, 0.2) is 0 Å². The standard InChI is InChI=1S/C15H14BrF2N/c1-11-7-8-13(9-14(11)16)19-10-15(17,18)12-5-3-2-4-6-12/h2-9,19H,10H2,1H3. The molecule has 0 aliphatic rings. The van der Waals surface area contributed by atoms with Gasteiger partial charge in [0.2, 0.25) is 0 Å². The first-order chi connectivity index (χ1) is 8.99. The molecular formula is C15H14BrF2N. The highest BCUT2D eigenvalue weighted by molar-refractivity contribution is 9.10. The van der Waals surface area contributed by atoms with Gasteiger partial charge in [0.1, 0.15) is 0 Å². The number of benzene rings is 2. The van der Waals surface area contributed by atoms with Crippen molar-refractivity contribution in [2.45, 2.75) is 12.8 Å². The van der Waals surface area contributed by atoms with Crippen molar-refractivity contribution < 1.29 is 8.78 Å². The molecule has 0 bridgehead atoms. The summed E-state index contributed by atoms with van der Waals surface area (Å²) in [7, 11) is 0. The Hall–Kier alpha value is -1.42.